The van der Waals surface area contributed by atoms with Crippen molar-refractivity contribution < 1.29 is 9.59 Å². The average Bonchev–Trinajstić information content (AvgIpc) is 2.86. The smallest absolute Gasteiger partial charge is 0.315 e. The third kappa shape index (κ3) is 3.12. The van der Waals surface area contributed by atoms with Crippen molar-refractivity contribution in [2.45, 2.75) is 25.3 Å². The van der Waals surface area contributed by atoms with E-state index < -0.39 is 5.54 Å². The predicted molar refractivity (Wildman–Crippen MR) is 98.8 cm³/mol. The monoisotopic (exact) mass is 376 g/mol. The van der Waals surface area contributed by atoms with Crippen molar-refractivity contribution in [1.82, 2.24) is 10.2 Å². The summed E-state index contributed by atoms with van der Waals surface area (Å²) in [6, 6.07) is 13.5. The second-order valence-corrected chi connectivity index (χ2v) is 6.88. The van der Waals surface area contributed by atoms with Crippen molar-refractivity contribution in [1.29, 1.82) is 0 Å². The van der Waals surface area contributed by atoms with Crippen molar-refractivity contribution in [2.75, 3.05) is 6.54 Å². The maximum Gasteiger partial charge on any atom is 0.325 e. The van der Waals surface area contributed by atoms with Crippen LogP contribution in [0.1, 0.15) is 30.9 Å². The Hall–Kier alpha value is -2.04. The van der Waals surface area contributed by atoms with E-state index in [0.29, 0.717) is 27.7 Å². The molecule has 25 heavy (non-hydrogen) atoms. The highest BCUT2D eigenvalue weighted by Gasteiger charge is 2.53. The Kier molecular flexibility index (Phi) is 5.02. The molecule has 6 heteroatoms. The zero-order valence-electron chi connectivity index (χ0n) is 13.8. The molecule has 0 atom stereocenters. The summed E-state index contributed by atoms with van der Waals surface area (Å²) in [6.07, 6.45) is 1.66. The van der Waals surface area contributed by atoms with E-state index in [9.17, 15) is 9.59 Å². The molecule has 3 rings (SSSR count). The lowest BCUT2D eigenvalue weighted by molar-refractivity contribution is -0.130. The number of rotatable bonds is 5. The van der Waals surface area contributed by atoms with Crippen molar-refractivity contribution in [2.24, 2.45) is 0 Å². The third-order valence-electron chi connectivity index (χ3n) is 4.40. The maximum atomic E-state index is 13.3. The Bertz CT molecular complexity index is 743. The number of carbonyl (C=O) groups excluding carboxylic acids is 2. The van der Waals surface area contributed by atoms with Crippen LogP contribution in [0.15, 0.2) is 48.5 Å². The molecule has 2 aromatic rings. The minimum Gasteiger partial charge on any atom is -0.315 e. The van der Waals surface area contributed by atoms with E-state index in [1.807, 2.05) is 6.92 Å². The summed E-state index contributed by atoms with van der Waals surface area (Å²) < 4.78 is 0. The van der Waals surface area contributed by atoms with Gasteiger partial charge in [-0.15, -0.1) is 0 Å². The largest absolute Gasteiger partial charge is 0.325 e. The van der Waals surface area contributed by atoms with Gasteiger partial charge in [-0.2, -0.15) is 0 Å². The second kappa shape index (κ2) is 7.06. The molecule has 1 aliphatic heterocycles. The molecule has 1 heterocycles. The molecule has 1 saturated heterocycles. The first kappa shape index (κ1) is 17.8. The van der Waals surface area contributed by atoms with Gasteiger partial charge in [-0.3, -0.25) is 9.69 Å². The highest BCUT2D eigenvalue weighted by Crippen LogP contribution is 2.37. The van der Waals surface area contributed by atoms with Crippen LogP contribution in [0.4, 0.5) is 4.79 Å². The van der Waals surface area contributed by atoms with Gasteiger partial charge in [-0.05, 0) is 41.8 Å². The quantitative estimate of drug-likeness (QED) is 0.775. The summed E-state index contributed by atoms with van der Waals surface area (Å²) in [4.78, 5) is 27.1. The first-order valence-corrected chi connectivity index (χ1v) is 8.91. The van der Waals surface area contributed by atoms with E-state index in [1.165, 1.54) is 4.90 Å². The lowest BCUT2D eigenvalue weighted by Gasteiger charge is -2.28. The zero-order valence-corrected chi connectivity index (χ0v) is 15.3. The number of halogens is 2. The summed E-state index contributed by atoms with van der Waals surface area (Å²) in [6.45, 7) is 2.41. The molecule has 1 aliphatic rings. The molecule has 2 aromatic carbocycles. The molecule has 0 saturated carbocycles. The number of urea groups is 1. The van der Waals surface area contributed by atoms with Crippen LogP contribution in [-0.4, -0.2) is 23.4 Å². The van der Waals surface area contributed by atoms with Gasteiger partial charge in [0.1, 0.15) is 0 Å². The Balaban J connectivity index is 2.13. The second-order valence-electron chi connectivity index (χ2n) is 6.00. The molecule has 0 aliphatic carbocycles. The number of unbranched alkanes of at least 4 members (excludes halogenated alkanes) is 1. The molecule has 0 bridgehead atoms. The van der Waals surface area contributed by atoms with Crippen LogP contribution in [0.25, 0.3) is 0 Å². The van der Waals surface area contributed by atoms with Gasteiger partial charge in [0.2, 0.25) is 0 Å². The molecule has 3 amide bonds. The number of amides is 3. The predicted octanol–water partition coefficient (Wildman–Crippen LogP) is 4.59. The molecule has 0 unspecified atom stereocenters. The maximum absolute atomic E-state index is 13.3. The highest BCUT2D eigenvalue weighted by atomic mass is 35.5. The van der Waals surface area contributed by atoms with E-state index in [1.54, 1.807) is 48.5 Å². The summed E-state index contributed by atoms with van der Waals surface area (Å²) in [5.74, 6) is -0.282. The van der Waals surface area contributed by atoms with Crippen LogP contribution >= 0.6 is 23.2 Å². The number of nitrogens with zero attached hydrogens (tertiary/aromatic N) is 1. The fraction of sp³-hybridized carbons (Fsp3) is 0.263. The number of carbonyl (C=O) groups is 2. The molecular formula is C19H18Cl2N2O2. The third-order valence-corrected chi connectivity index (χ3v) is 4.90. The molecule has 1 fully saturated rings. The standard InChI is InChI=1S/C19H18Cl2N2O2/c1-2-3-12-23-17(24)19(22-18(23)25,13-4-8-15(20)9-5-13)14-6-10-16(21)11-7-14/h4-11H,2-3,12H2,1H3,(H,22,25). The van der Waals surface area contributed by atoms with Gasteiger partial charge in [0.15, 0.2) is 5.54 Å². The Morgan fingerprint density at radius 3 is 1.84 bits per heavy atom. The van der Waals surface area contributed by atoms with Gasteiger partial charge in [0, 0.05) is 16.6 Å². The van der Waals surface area contributed by atoms with Gasteiger partial charge in [-0.1, -0.05) is 60.8 Å². The molecule has 0 aromatic heterocycles. The fourth-order valence-corrected chi connectivity index (χ4v) is 3.31. The molecule has 130 valence electrons. The van der Waals surface area contributed by atoms with Gasteiger partial charge in [-0.25, -0.2) is 4.79 Å². The van der Waals surface area contributed by atoms with E-state index >= 15 is 0 Å². The number of benzene rings is 2. The van der Waals surface area contributed by atoms with Crippen molar-refractivity contribution in [3.05, 3.63) is 69.7 Å². The Morgan fingerprint density at radius 2 is 1.40 bits per heavy atom. The van der Waals surface area contributed by atoms with Gasteiger partial charge >= 0.3 is 6.03 Å². The minimum absolute atomic E-state index is 0.282. The molecule has 0 spiro atoms. The number of nitrogens with one attached hydrogen (secondary N) is 1. The SMILES string of the molecule is CCCCN1C(=O)NC(c2ccc(Cl)cc2)(c2ccc(Cl)cc2)C1=O. The molecule has 1 N–H and O–H groups in total. The van der Waals surface area contributed by atoms with Crippen LogP contribution in [0.2, 0.25) is 10.0 Å². The van der Waals surface area contributed by atoms with Crippen LogP contribution in [0.3, 0.4) is 0 Å². The van der Waals surface area contributed by atoms with E-state index in [0.717, 1.165) is 12.8 Å². The van der Waals surface area contributed by atoms with Crippen molar-refractivity contribution >= 4 is 35.1 Å². The first-order valence-electron chi connectivity index (χ1n) is 8.15. The van der Waals surface area contributed by atoms with Crippen molar-refractivity contribution in [3.8, 4) is 0 Å². The van der Waals surface area contributed by atoms with Gasteiger partial charge in [0.05, 0.1) is 0 Å². The van der Waals surface area contributed by atoms with E-state index in [4.69, 9.17) is 23.2 Å². The lowest BCUT2D eigenvalue weighted by Crippen LogP contribution is -2.45. The number of hydrogen-bond acceptors (Lipinski definition) is 2. The highest BCUT2D eigenvalue weighted by molar-refractivity contribution is 6.31. The molecule has 4 nitrogen and oxygen atoms in total. The van der Waals surface area contributed by atoms with E-state index in [2.05, 4.69) is 5.32 Å². The average molecular weight is 377 g/mol. The van der Waals surface area contributed by atoms with Gasteiger partial charge in [0.25, 0.3) is 5.91 Å². The van der Waals surface area contributed by atoms with Crippen LogP contribution in [0.5, 0.6) is 0 Å². The van der Waals surface area contributed by atoms with E-state index in [-0.39, 0.29) is 11.9 Å². The first-order chi connectivity index (χ1) is 12.0. The summed E-state index contributed by atoms with van der Waals surface area (Å²) >= 11 is 12.0. The fourth-order valence-electron chi connectivity index (χ4n) is 3.05. The molecular weight excluding hydrogens is 359 g/mol. The number of hydrogen-bond donors (Lipinski definition) is 1. The zero-order chi connectivity index (χ0) is 18.0. The van der Waals surface area contributed by atoms with Crippen molar-refractivity contribution in [3.63, 3.8) is 0 Å². The van der Waals surface area contributed by atoms with Crippen LogP contribution in [-0.2, 0) is 10.3 Å². The normalized spacial score (nSPS) is 16.2. The Labute approximate surface area is 156 Å². The topological polar surface area (TPSA) is 49.4 Å². The lowest BCUT2D eigenvalue weighted by atomic mass is 9.82. The van der Waals surface area contributed by atoms with Gasteiger partial charge < -0.3 is 5.32 Å². The molecule has 0 radical (unpaired) electrons. The van der Waals surface area contributed by atoms with Crippen LogP contribution in [0, 0.1) is 0 Å². The minimum atomic E-state index is -1.26. The summed E-state index contributed by atoms with van der Waals surface area (Å²) in [7, 11) is 0. The summed E-state index contributed by atoms with van der Waals surface area (Å²) in [5.41, 5.74) is 0.0631. The summed E-state index contributed by atoms with van der Waals surface area (Å²) in [5, 5.41) is 4.03. The number of imide groups is 1. The van der Waals surface area contributed by atoms with Crippen LogP contribution < -0.4 is 5.32 Å². The Morgan fingerprint density at radius 1 is 0.920 bits per heavy atom.